The van der Waals surface area contributed by atoms with Crippen LogP contribution in [0.1, 0.15) is 45.4 Å². The van der Waals surface area contributed by atoms with Crippen LogP contribution in [0.15, 0.2) is 0 Å². The van der Waals surface area contributed by atoms with Crippen molar-refractivity contribution in [2.45, 2.75) is 57.0 Å². The van der Waals surface area contributed by atoms with Crippen molar-refractivity contribution in [3.8, 4) is 0 Å². The summed E-state index contributed by atoms with van der Waals surface area (Å²) in [7, 11) is 0. The second-order valence-electron chi connectivity index (χ2n) is 6.34. The molecule has 22 heavy (non-hydrogen) atoms. The van der Waals surface area contributed by atoms with E-state index in [0.717, 1.165) is 45.7 Å². The fourth-order valence-electron chi connectivity index (χ4n) is 3.35. The zero-order valence-corrected chi connectivity index (χ0v) is 15.1. The van der Waals surface area contributed by atoms with Gasteiger partial charge in [-0.3, -0.25) is 9.69 Å². The first-order valence-corrected chi connectivity index (χ1v) is 7.97. The highest BCUT2D eigenvalue weighted by atomic mass is 35.5. The molecule has 1 atom stereocenters. The van der Waals surface area contributed by atoms with Crippen LogP contribution in [0.4, 0.5) is 0 Å². The third kappa shape index (κ3) is 6.20. The number of carbonyl (C=O) groups excluding carboxylic acids is 1. The summed E-state index contributed by atoms with van der Waals surface area (Å²) in [4.78, 5) is 14.5. The van der Waals surface area contributed by atoms with Crippen molar-refractivity contribution in [2.24, 2.45) is 5.73 Å². The van der Waals surface area contributed by atoms with Gasteiger partial charge in [0.15, 0.2) is 0 Å². The van der Waals surface area contributed by atoms with Gasteiger partial charge in [0.05, 0.1) is 0 Å². The summed E-state index contributed by atoms with van der Waals surface area (Å²) in [6.07, 6.45) is 6.33. The van der Waals surface area contributed by atoms with Crippen molar-refractivity contribution in [1.29, 1.82) is 0 Å². The topological polar surface area (TPSA) is 67.6 Å². The molecule has 2 rings (SSSR count). The Bertz CT molecular complexity index is 318. The third-order valence-corrected chi connectivity index (χ3v) is 4.57. The Labute approximate surface area is 146 Å². The summed E-state index contributed by atoms with van der Waals surface area (Å²) >= 11 is 0. The van der Waals surface area contributed by atoms with E-state index < -0.39 is 0 Å². The minimum Gasteiger partial charge on any atom is -0.381 e. The number of hydrogen-bond acceptors (Lipinski definition) is 4. The normalized spacial score (nSPS) is 22.8. The van der Waals surface area contributed by atoms with E-state index in [1.165, 1.54) is 19.3 Å². The molecule has 2 saturated heterocycles. The summed E-state index contributed by atoms with van der Waals surface area (Å²) in [6.45, 7) is 6.53. The van der Waals surface area contributed by atoms with Gasteiger partial charge in [-0.1, -0.05) is 6.42 Å². The lowest BCUT2D eigenvalue weighted by atomic mass is 9.86. The standard InChI is InChI=1S/C15H29N3O2.2ClH/c1-13(16)11-14(19)17-12-15(5-9-20-10-6-15)18-7-3-2-4-8-18;;/h13H,2-12,16H2,1H3,(H,17,19);2*1H. The van der Waals surface area contributed by atoms with Crippen LogP contribution in [0.2, 0.25) is 0 Å². The molecule has 2 aliphatic rings. The molecule has 5 nitrogen and oxygen atoms in total. The molecule has 2 fully saturated rings. The molecule has 0 aromatic heterocycles. The van der Waals surface area contributed by atoms with Gasteiger partial charge in [0.25, 0.3) is 0 Å². The number of nitrogens with zero attached hydrogens (tertiary/aromatic N) is 1. The van der Waals surface area contributed by atoms with Crippen LogP contribution < -0.4 is 11.1 Å². The SMILES string of the molecule is CC(N)CC(=O)NCC1(N2CCCCC2)CCOCC1.Cl.Cl. The van der Waals surface area contributed by atoms with Gasteiger partial charge in [-0.25, -0.2) is 0 Å². The van der Waals surface area contributed by atoms with Gasteiger partial charge in [-0.2, -0.15) is 0 Å². The molecule has 0 radical (unpaired) electrons. The third-order valence-electron chi connectivity index (χ3n) is 4.57. The van der Waals surface area contributed by atoms with Crippen LogP contribution in [0.3, 0.4) is 0 Å². The van der Waals surface area contributed by atoms with E-state index >= 15 is 0 Å². The average molecular weight is 356 g/mol. The number of hydrogen-bond donors (Lipinski definition) is 2. The molecule has 0 aromatic rings. The van der Waals surface area contributed by atoms with E-state index in [4.69, 9.17) is 10.5 Å². The first-order valence-electron chi connectivity index (χ1n) is 7.97. The maximum absolute atomic E-state index is 11.9. The number of nitrogens with two attached hydrogens (primary N) is 1. The molecule has 0 aromatic carbocycles. The number of halogens is 2. The van der Waals surface area contributed by atoms with Gasteiger partial charge in [0, 0.05) is 37.8 Å². The van der Waals surface area contributed by atoms with Crippen LogP contribution in [0, 0.1) is 0 Å². The van der Waals surface area contributed by atoms with E-state index in [1.807, 2.05) is 6.92 Å². The Hall–Kier alpha value is -0.0700. The molecule has 2 heterocycles. The zero-order chi connectivity index (χ0) is 14.4. The zero-order valence-electron chi connectivity index (χ0n) is 13.5. The molecule has 0 spiro atoms. The largest absolute Gasteiger partial charge is 0.381 e. The predicted octanol–water partition coefficient (Wildman–Crippen LogP) is 1.72. The van der Waals surface area contributed by atoms with Crippen molar-refractivity contribution in [2.75, 3.05) is 32.8 Å². The highest BCUT2D eigenvalue weighted by molar-refractivity contribution is 5.85. The van der Waals surface area contributed by atoms with Crippen molar-refractivity contribution < 1.29 is 9.53 Å². The minimum atomic E-state index is -0.0735. The van der Waals surface area contributed by atoms with Gasteiger partial charge in [0.1, 0.15) is 0 Å². The maximum Gasteiger partial charge on any atom is 0.221 e. The van der Waals surface area contributed by atoms with E-state index in [-0.39, 0.29) is 42.3 Å². The molecule has 0 bridgehead atoms. The van der Waals surface area contributed by atoms with Gasteiger partial charge in [0.2, 0.25) is 5.91 Å². The molecular formula is C15H31Cl2N3O2. The monoisotopic (exact) mass is 355 g/mol. The quantitative estimate of drug-likeness (QED) is 0.787. The summed E-state index contributed by atoms with van der Waals surface area (Å²) in [5.41, 5.74) is 5.79. The highest BCUT2D eigenvalue weighted by Gasteiger charge is 2.39. The molecule has 7 heteroatoms. The van der Waals surface area contributed by atoms with Gasteiger partial charge < -0.3 is 15.8 Å². The molecule has 0 aliphatic carbocycles. The number of carbonyl (C=O) groups is 1. The van der Waals surface area contributed by atoms with Crippen LogP contribution in [0.25, 0.3) is 0 Å². The molecule has 132 valence electrons. The fraction of sp³-hybridized carbons (Fsp3) is 0.933. The van der Waals surface area contributed by atoms with E-state index in [9.17, 15) is 4.79 Å². The Morgan fingerprint density at radius 2 is 1.82 bits per heavy atom. The van der Waals surface area contributed by atoms with E-state index in [1.54, 1.807) is 0 Å². The minimum absolute atomic E-state index is 0. The number of piperidine rings is 1. The lowest BCUT2D eigenvalue weighted by Gasteiger charge is -2.48. The second kappa shape index (κ2) is 10.7. The summed E-state index contributed by atoms with van der Waals surface area (Å²) in [5, 5.41) is 3.11. The van der Waals surface area contributed by atoms with Crippen LogP contribution in [-0.4, -0.2) is 55.2 Å². The number of rotatable bonds is 5. The Kier molecular flexibility index (Phi) is 10.6. The van der Waals surface area contributed by atoms with Crippen molar-refractivity contribution in [3.05, 3.63) is 0 Å². The lowest BCUT2D eigenvalue weighted by Crippen LogP contribution is -2.59. The maximum atomic E-state index is 11.9. The molecule has 1 amide bonds. The smallest absolute Gasteiger partial charge is 0.221 e. The van der Waals surface area contributed by atoms with Crippen molar-refractivity contribution in [1.82, 2.24) is 10.2 Å². The Morgan fingerprint density at radius 3 is 2.36 bits per heavy atom. The lowest BCUT2D eigenvalue weighted by molar-refractivity contribution is -0.122. The summed E-state index contributed by atoms with van der Waals surface area (Å²) in [5.74, 6) is 0.0721. The Morgan fingerprint density at radius 1 is 1.23 bits per heavy atom. The van der Waals surface area contributed by atoms with E-state index in [2.05, 4.69) is 10.2 Å². The van der Waals surface area contributed by atoms with Gasteiger partial charge in [-0.15, -0.1) is 24.8 Å². The second-order valence-corrected chi connectivity index (χ2v) is 6.34. The van der Waals surface area contributed by atoms with Crippen molar-refractivity contribution >= 4 is 30.7 Å². The van der Waals surface area contributed by atoms with Crippen molar-refractivity contribution in [3.63, 3.8) is 0 Å². The fourth-order valence-corrected chi connectivity index (χ4v) is 3.35. The molecule has 3 N–H and O–H groups in total. The molecule has 1 unspecified atom stereocenters. The van der Waals surface area contributed by atoms with Gasteiger partial charge >= 0.3 is 0 Å². The number of amides is 1. The summed E-state index contributed by atoms with van der Waals surface area (Å²) in [6, 6.07) is -0.0735. The number of ether oxygens (including phenoxy) is 1. The highest BCUT2D eigenvalue weighted by Crippen LogP contribution is 2.30. The number of likely N-dealkylation sites (tertiary alicyclic amines) is 1. The first kappa shape index (κ1) is 21.9. The number of nitrogens with one attached hydrogen (secondary N) is 1. The van der Waals surface area contributed by atoms with E-state index in [0.29, 0.717) is 6.42 Å². The molecule has 0 saturated carbocycles. The first-order chi connectivity index (χ1) is 9.62. The van der Waals surface area contributed by atoms with Crippen LogP contribution in [0.5, 0.6) is 0 Å². The molecular weight excluding hydrogens is 325 g/mol. The van der Waals surface area contributed by atoms with Crippen LogP contribution in [-0.2, 0) is 9.53 Å². The van der Waals surface area contributed by atoms with Gasteiger partial charge in [-0.05, 0) is 45.7 Å². The Balaban J connectivity index is 0.00000220. The van der Waals surface area contributed by atoms with Crippen LogP contribution >= 0.6 is 24.8 Å². The predicted molar refractivity (Wildman–Crippen MR) is 94.0 cm³/mol. The molecule has 2 aliphatic heterocycles. The summed E-state index contributed by atoms with van der Waals surface area (Å²) < 4.78 is 5.53. The average Bonchev–Trinajstić information content (AvgIpc) is 2.46.